The molecule has 30 heavy (non-hydrogen) atoms. The summed E-state index contributed by atoms with van der Waals surface area (Å²) in [7, 11) is 2.14. The average molecular weight is 428 g/mol. The molecule has 0 aromatic heterocycles. The van der Waals surface area contributed by atoms with Crippen LogP contribution in [0, 0.1) is 0 Å². The standard InChI is InChI=1S/C21H32F3N5O/c1-26-9-11-27(12-10-26)16-19-5-3-18(4-6-19)15-25-20(30)29-8-2-7-28(13-14-29)17-21(22,23)24/h3-6H,2,7-17H2,1H3,(H,25,30). The van der Waals surface area contributed by atoms with E-state index in [1.54, 1.807) is 4.90 Å². The lowest BCUT2D eigenvalue weighted by Crippen LogP contribution is -2.43. The van der Waals surface area contributed by atoms with Gasteiger partial charge in [-0.1, -0.05) is 24.3 Å². The van der Waals surface area contributed by atoms with Crippen molar-refractivity contribution < 1.29 is 18.0 Å². The van der Waals surface area contributed by atoms with Gasteiger partial charge < -0.3 is 15.1 Å². The Morgan fingerprint density at radius 3 is 2.20 bits per heavy atom. The fourth-order valence-electron chi connectivity index (χ4n) is 3.90. The molecule has 0 saturated carbocycles. The highest BCUT2D eigenvalue weighted by molar-refractivity contribution is 5.74. The number of benzene rings is 1. The van der Waals surface area contributed by atoms with Crippen LogP contribution in [0.2, 0.25) is 0 Å². The van der Waals surface area contributed by atoms with Gasteiger partial charge >= 0.3 is 12.2 Å². The molecule has 168 valence electrons. The predicted molar refractivity (Wildman–Crippen MR) is 110 cm³/mol. The number of alkyl halides is 3. The number of nitrogens with one attached hydrogen (secondary N) is 1. The molecule has 2 saturated heterocycles. The second-order valence-corrected chi connectivity index (χ2v) is 8.29. The number of piperazine rings is 1. The van der Waals surface area contributed by atoms with Crippen molar-refractivity contribution in [2.24, 2.45) is 0 Å². The van der Waals surface area contributed by atoms with Crippen molar-refractivity contribution in [2.75, 3.05) is 66.0 Å². The molecule has 0 spiro atoms. The lowest BCUT2D eigenvalue weighted by molar-refractivity contribution is -0.145. The zero-order chi connectivity index (χ0) is 21.6. The van der Waals surface area contributed by atoms with Crippen LogP contribution in [-0.4, -0.2) is 97.8 Å². The van der Waals surface area contributed by atoms with Gasteiger partial charge in [0.15, 0.2) is 0 Å². The number of amides is 2. The molecule has 0 radical (unpaired) electrons. The van der Waals surface area contributed by atoms with E-state index < -0.39 is 12.7 Å². The van der Waals surface area contributed by atoms with Gasteiger partial charge in [-0.15, -0.1) is 0 Å². The normalized spacial score (nSPS) is 20.2. The number of hydrogen-bond acceptors (Lipinski definition) is 4. The monoisotopic (exact) mass is 427 g/mol. The van der Waals surface area contributed by atoms with E-state index in [2.05, 4.69) is 34.3 Å². The van der Waals surface area contributed by atoms with Gasteiger partial charge in [0.25, 0.3) is 0 Å². The first-order chi connectivity index (χ1) is 14.3. The van der Waals surface area contributed by atoms with Gasteiger partial charge in [-0.3, -0.25) is 9.80 Å². The van der Waals surface area contributed by atoms with E-state index in [9.17, 15) is 18.0 Å². The molecule has 0 atom stereocenters. The van der Waals surface area contributed by atoms with E-state index in [1.807, 2.05) is 12.1 Å². The van der Waals surface area contributed by atoms with E-state index in [-0.39, 0.29) is 12.6 Å². The van der Waals surface area contributed by atoms with Crippen LogP contribution in [0.15, 0.2) is 24.3 Å². The van der Waals surface area contributed by atoms with Gasteiger partial charge in [0.2, 0.25) is 0 Å². The molecule has 2 aliphatic heterocycles. The first kappa shape index (κ1) is 22.8. The van der Waals surface area contributed by atoms with Crippen molar-refractivity contribution in [2.45, 2.75) is 25.7 Å². The number of rotatable bonds is 5. The number of halogens is 3. The number of carbonyl (C=O) groups excluding carboxylic acids is 1. The SMILES string of the molecule is CN1CCN(Cc2ccc(CNC(=O)N3CCCN(CC(F)(F)F)CC3)cc2)CC1. The van der Waals surface area contributed by atoms with E-state index in [0.717, 1.165) is 38.3 Å². The molecule has 1 aromatic rings. The van der Waals surface area contributed by atoms with Gasteiger partial charge in [0.05, 0.1) is 6.54 Å². The smallest absolute Gasteiger partial charge is 0.334 e. The Labute approximate surface area is 176 Å². The Bertz CT molecular complexity index is 674. The van der Waals surface area contributed by atoms with Crippen molar-refractivity contribution in [1.82, 2.24) is 24.9 Å². The van der Waals surface area contributed by atoms with Crippen molar-refractivity contribution >= 4 is 6.03 Å². The first-order valence-electron chi connectivity index (χ1n) is 10.6. The Hall–Kier alpha value is -1.84. The van der Waals surface area contributed by atoms with Crippen molar-refractivity contribution in [3.8, 4) is 0 Å². The van der Waals surface area contributed by atoms with Crippen LogP contribution < -0.4 is 5.32 Å². The molecular formula is C21H32F3N5O. The summed E-state index contributed by atoms with van der Waals surface area (Å²) in [6.45, 7) is 6.16. The lowest BCUT2D eigenvalue weighted by Gasteiger charge is -2.32. The number of urea groups is 1. The quantitative estimate of drug-likeness (QED) is 0.783. The summed E-state index contributed by atoms with van der Waals surface area (Å²) < 4.78 is 37.7. The van der Waals surface area contributed by atoms with Gasteiger partial charge in [0.1, 0.15) is 0 Å². The maximum atomic E-state index is 12.6. The summed E-state index contributed by atoms with van der Waals surface area (Å²) in [6.07, 6.45) is -3.65. The predicted octanol–water partition coefficient (Wildman–Crippen LogP) is 2.21. The third-order valence-corrected chi connectivity index (χ3v) is 5.75. The third-order valence-electron chi connectivity index (χ3n) is 5.75. The Balaban J connectivity index is 1.41. The molecular weight excluding hydrogens is 395 g/mol. The minimum absolute atomic E-state index is 0.217. The second-order valence-electron chi connectivity index (χ2n) is 8.29. The summed E-state index contributed by atoms with van der Waals surface area (Å²) in [5, 5.41) is 2.90. The third kappa shape index (κ3) is 7.45. The molecule has 2 fully saturated rings. The van der Waals surface area contributed by atoms with Crippen LogP contribution in [0.4, 0.5) is 18.0 Å². The fourth-order valence-corrected chi connectivity index (χ4v) is 3.90. The molecule has 2 aliphatic rings. The van der Waals surface area contributed by atoms with Crippen LogP contribution in [0.5, 0.6) is 0 Å². The summed E-state index contributed by atoms with van der Waals surface area (Å²) in [6, 6.07) is 8.03. The Morgan fingerprint density at radius 1 is 0.900 bits per heavy atom. The minimum atomic E-state index is -4.20. The number of nitrogens with zero attached hydrogens (tertiary/aromatic N) is 4. The van der Waals surface area contributed by atoms with Gasteiger partial charge in [0, 0.05) is 65.4 Å². The van der Waals surface area contributed by atoms with E-state index in [4.69, 9.17) is 0 Å². The van der Waals surface area contributed by atoms with Crippen LogP contribution in [0.3, 0.4) is 0 Å². The van der Waals surface area contributed by atoms with Crippen LogP contribution >= 0.6 is 0 Å². The molecule has 2 amide bonds. The summed E-state index contributed by atoms with van der Waals surface area (Å²) in [5.74, 6) is 0. The molecule has 1 N–H and O–H groups in total. The fraction of sp³-hybridized carbons (Fsp3) is 0.667. The van der Waals surface area contributed by atoms with Gasteiger partial charge in [-0.2, -0.15) is 13.2 Å². The molecule has 0 bridgehead atoms. The zero-order valence-electron chi connectivity index (χ0n) is 17.6. The largest absolute Gasteiger partial charge is 0.401 e. The van der Waals surface area contributed by atoms with Crippen molar-refractivity contribution in [1.29, 1.82) is 0 Å². The van der Waals surface area contributed by atoms with Gasteiger partial charge in [-0.25, -0.2) is 4.79 Å². The molecule has 9 heteroatoms. The number of likely N-dealkylation sites (N-methyl/N-ethyl adjacent to an activating group) is 1. The van der Waals surface area contributed by atoms with Crippen LogP contribution in [0.1, 0.15) is 17.5 Å². The average Bonchev–Trinajstić information content (AvgIpc) is 2.93. The summed E-state index contributed by atoms with van der Waals surface area (Å²) in [5.41, 5.74) is 2.27. The highest BCUT2D eigenvalue weighted by atomic mass is 19.4. The second kappa shape index (κ2) is 10.5. The molecule has 2 heterocycles. The Kier molecular flexibility index (Phi) is 7.96. The van der Waals surface area contributed by atoms with E-state index in [1.165, 1.54) is 10.5 Å². The van der Waals surface area contributed by atoms with Crippen LogP contribution in [0.25, 0.3) is 0 Å². The molecule has 0 unspecified atom stereocenters. The number of hydrogen-bond donors (Lipinski definition) is 1. The molecule has 3 rings (SSSR count). The highest BCUT2D eigenvalue weighted by Crippen LogP contribution is 2.17. The number of carbonyl (C=O) groups is 1. The summed E-state index contributed by atoms with van der Waals surface area (Å²) in [4.78, 5) is 20.2. The van der Waals surface area contributed by atoms with Crippen molar-refractivity contribution in [3.63, 3.8) is 0 Å². The topological polar surface area (TPSA) is 42.1 Å². The first-order valence-corrected chi connectivity index (χ1v) is 10.6. The molecule has 6 nitrogen and oxygen atoms in total. The maximum absolute atomic E-state index is 12.6. The van der Waals surface area contributed by atoms with E-state index in [0.29, 0.717) is 32.6 Å². The van der Waals surface area contributed by atoms with Crippen molar-refractivity contribution in [3.05, 3.63) is 35.4 Å². The maximum Gasteiger partial charge on any atom is 0.401 e. The van der Waals surface area contributed by atoms with E-state index >= 15 is 0 Å². The minimum Gasteiger partial charge on any atom is -0.334 e. The molecule has 0 aliphatic carbocycles. The Morgan fingerprint density at radius 2 is 1.53 bits per heavy atom. The lowest BCUT2D eigenvalue weighted by atomic mass is 10.1. The highest BCUT2D eigenvalue weighted by Gasteiger charge is 2.31. The molecule has 1 aromatic carbocycles. The zero-order valence-corrected chi connectivity index (χ0v) is 17.6. The summed E-state index contributed by atoms with van der Waals surface area (Å²) >= 11 is 0. The van der Waals surface area contributed by atoms with Crippen LogP contribution in [-0.2, 0) is 13.1 Å². The van der Waals surface area contributed by atoms with Gasteiger partial charge in [-0.05, 0) is 24.6 Å².